The van der Waals surface area contributed by atoms with E-state index in [0.29, 0.717) is 18.4 Å². The zero-order chi connectivity index (χ0) is 30.0. The minimum Gasteiger partial charge on any atom is -0.756 e. The predicted molar refractivity (Wildman–Crippen MR) is 161 cm³/mol. The van der Waals surface area contributed by atoms with Crippen molar-refractivity contribution in [2.45, 2.75) is 129 Å². The van der Waals surface area contributed by atoms with E-state index in [1.807, 2.05) is 13.8 Å². The number of phenols is 1. The van der Waals surface area contributed by atoms with E-state index in [0.717, 1.165) is 49.7 Å². The molecule has 0 aromatic heterocycles. The highest BCUT2D eigenvalue weighted by Gasteiger charge is 2.56. The second-order valence-corrected chi connectivity index (χ2v) is 13.4. The van der Waals surface area contributed by atoms with Crippen LogP contribution in [0, 0.1) is 5.92 Å². The molecule has 1 fully saturated rings. The molecule has 3 rings (SSSR count). The van der Waals surface area contributed by atoms with Crippen molar-refractivity contribution in [2.75, 3.05) is 6.61 Å². The van der Waals surface area contributed by atoms with Gasteiger partial charge < -0.3 is 19.3 Å². The molecular formula is C33H50O7P-. The van der Waals surface area contributed by atoms with Gasteiger partial charge in [-0.3, -0.25) is 9.09 Å². The quantitative estimate of drug-likeness (QED) is 0.0602. The third-order valence-corrected chi connectivity index (χ3v) is 9.32. The Morgan fingerprint density at radius 1 is 1.10 bits per heavy atom. The van der Waals surface area contributed by atoms with Crippen molar-refractivity contribution in [3.8, 4) is 11.5 Å². The van der Waals surface area contributed by atoms with Crippen molar-refractivity contribution in [3.05, 3.63) is 47.1 Å². The molecule has 1 aromatic rings. The molecule has 2 aliphatic carbocycles. The minimum atomic E-state index is -4.70. The number of phosphoric acid groups is 1. The maximum atomic E-state index is 13.4. The average molecular weight is 590 g/mol. The number of phosphoric ester groups is 1. The fraction of sp³-hybridized carbons (Fsp3) is 0.667. The Kier molecular flexibility index (Phi) is 12.7. The molecule has 1 unspecified atom stereocenters. The zero-order valence-electron chi connectivity index (χ0n) is 25.5. The molecule has 0 spiro atoms. The number of carbonyl (C=O) groups excluding carboxylic acids is 1. The maximum Gasteiger partial charge on any atom is 0.344 e. The van der Waals surface area contributed by atoms with Gasteiger partial charge in [-0.1, -0.05) is 89.0 Å². The number of allylic oxidation sites excluding steroid dienone is 3. The fourth-order valence-electron chi connectivity index (χ4n) is 5.72. The maximum absolute atomic E-state index is 13.4. The topological polar surface area (TPSA) is 105 Å². The van der Waals surface area contributed by atoms with E-state index in [9.17, 15) is 19.4 Å². The first-order valence-corrected chi connectivity index (χ1v) is 17.0. The number of benzene rings is 1. The number of hydrogen-bond donors (Lipinski definition) is 1. The van der Waals surface area contributed by atoms with Crippen molar-refractivity contribution >= 4 is 13.8 Å². The lowest BCUT2D eigenvalue weighted by Gasteiger charge is -2.32. The Labute approximate surface area is 247 Å². The van der Waals surface area contributed by atoms with E-state index >= 15 is 0 Å². The number of esters is 1. The molecule has 0 amide bonds. The number of ether oxygens (including phenoxy) is 1. The largest absolute Gasteiger partial charge is 0.756 e. The third kappa shape index (κ3) is 9.81. The number of aryl methyl sites for hydroxylation is 1. The van der Waals surface area contributed by atoms with E-state index in [1.54, 1.807) is 12.1 Å². The molecule has 0 radical (unpaired) electrons. The number of hydrogen-bond acceptors (Lipinski definition) is 7. The van der Waals surface area contributed by atoms with Gasteiger partial charge in [0.05, 0.1) is 6.61 Å². The van der Waals surface area contributed by atoms with Crippen LogP contribution in [0.4, 0.5) is 0 Å². The van der Waals surface area contributed by atoms with Crippen LogP contribution >= 0.6 is 7.82 Å². The van der Waals surface area contributed by atoms with Crippen LogP contribution in [0.3, 0.4) is 0 Å². The van der Waals surface area contributed by atoms with E-state index in [1.165, 1.54) is 31.3 Å². The third-order valence-electron chi connectivity index (χ3n) is 8.24. The van der Waals surface area contributed by atoms with Gasteiger partial charge in [-0.15, -0.1) is 0 Å². The van der Waals surface area contributed by atoms with Crippen LogP contribution in [0.25, 0.3) is 0 Å². The second-order valence-electron chi connectivity index (χ2n) is 12.0. The van der Waals surface area contributed by atoms with Gasteiger partial charge in [0.1, 0.15) is 11.5 Å². The smallest absolute Gasteiger partial charge is 0.344 e. The van der Waals surface area contributed by atoms with Crippen molar-refractivity contribution in [3.63, 3.8) is 0 Å². The highest BCUT2D eigenvalue weighted by atomic mass is 31.2. The molecule has 2 aliphatic rings. The normalized spacial score (nSPS) is 21.1. The molecule has 0 heterocycles. The van der Waals surface area contributed by atoms with E-state index in [4.69, 9.17) is 13.8 Å². The summed E-state index contributed by atoms with van der Waals surface area (Å²) >= 11 is 0. The van der Waals surface area contributed by atoms with Crippen LogP contribution in [0.5, 0.6) is 11.5 Å². The van der Waals surface area contributed by atoms with Crippen LogP contribution in [0.2, 0.25) is 0 Å². The molecule has 0 saturated heterocycles. The molecule has 8 heteroatoms. The van der Waals surface area contributed by atoms with Crippen molar-refractivity contribution in [2.24, 2.45) is 5.92 Å². The molecule has 1 N–H and O–H groups in total. The summed E-state index contributed by atoms with van der Waals surface area (Å²) < 4.78 is 29.0. The molecule has 7 nitrogen and oxygen atoms in total. The number of aromatic hydroxyl groups is 1. The number of phenolic OH excluding ortho intramolecular Hbond substituents is 1. The van der Waals surface area contributed by atoms with Crippen LogP contribution < -0.4 is 9.63 Å². The Hall–Kier alpha value is -1.92. The molecule has 3 atom stereocenters. The Balaban J connectivity index is 1.69. The Morgan fingerprint density at radius 3 is 2.37 bits per heavy atom. The van der Waals surface area contributed by atoms with Gasteiger partial charge in [0.15, 0.2) is 5.60 Å². The number of rotatable bonds is 18. The summed E-state index contributed by atoms with van der Waals surface area (Å²) in [5.74, 6) is -0.596. The lowest BCUT2D eigenvalue weighted by molar-refractivity contribution is -0.232. The molecule has 0 bridgehead atoms. The van der Waals surface area contributed by atoms with Crippen LogP contribution in [-0.2, 0) is 24.8 Å². The number of unbranched alkanes of at least 4 members (excludes halogenated alkanes) is 7. The van der Waals surface area contributed by atoms with Gasteiger partial charge >= 0.3 is 5.97 Å². The van der Waals surface area contributed by atoms with Gasteiger partial charge in [0.2, 0.25) is 0 Å². The zero-order valence-corrected chi connectivity index (χ0v) is 26.4. The lowest BCUT2D eigenvalue weighted by atomic mass is 9.73. The molecule has 230 valence electrons. The molecular weight excluding hydrogens is 539 g/mol. The van der Waals surface area contributed by atoms with Gasteiger partial charge in [-0.25, -0.2) is 4.79 Å². The highest BCUT2D eigenvalue weighted by molar-refractivity contribution is 7.46. The summed E-state index contributed by atoms with van der Waals surface area (Å²) in [7, 11) is -4.70. The Bertz CT molecular complexity index is 1120. The monoisotopic (exact) mass is 589 g/mol. The SMILES string of the molecule is C=C(C)[C@@H]1CCC(C)=C[C@H]1c1c(O)cc(CCC)cc1OC(=O)C1(OP(=O)([O-])OCCCCCCCCCC)CC1. The van der Waals surface area contributed by atoms with Gasteiger partial charge in [-0.2, -0.15) is 0 Å². The van der Waals surface area contributed by atoms with E-state index < -0.39 is 19.4 Å². The summed E-state index contributed by atoms with van der Waals surface area (Å²) in [6.07, 6.45) is 14.5. The van der Waals surface area contributed by atoms with Crippen molar-refractivity contribution in [1.82, 2.24) is 0 Å². The first kappa shape index (κ1) is 33.6. The summed E-state index contributed by atoms with van der Waals surface area (Å²) in [6.45, 7) is 12.5. The number of carbonyl (C=O) groups is 1. The van der Waals surface area contributed by atoms with Crippen molar-refractivity contribution < 1.29 is 33.1 Å². The average Bonchev–Trinajstić information content (AvgIpc) is 3.67. The van der Waals surface area contributed by atoms with Crippen LogP contribution in [0.1, 0.15) is 128 Å². The van der Waals surface area contributed by atoms with Gasteiger partial charge in [0, 0.05) is 11.5 Å². The molecule has 41 heavy (non-hydrogen) atoms. The minimum absolute atomic E-state index is 0.0353. The summed E-state index contributed by atoms with van der Waals surface area (Å²) in [5, 5.41) is 11.2. The van der Waals surface area contributed by atoms with E-state index in [-0.39, 0.29) is 42.8 Å². The summed E-state index contributed by atoms with van der Waals surface area (Å²) in [6, 6.07) is 3.52. The standard InChI is InChI=1S/C33H51O7P/c1-6-8-9-10-11-12-13-14-20-38-41(36,37)40-33(18-19-33)32(35)39-30-23-26(15-7-2)22-29(34)31(30)28-21-25(5)16-17-27(28)24(3)4/h21-23,27-28,34H,3,6-20H2,1-2,4-5H3,(H,36,37)/p-1/t27-,28+/m0/s1. The molecule has 1 aromatic carbocycles. The summed E-state index contributed by atoms with van der Waals surface area (Å²) in [5.41, 5.74) is 1.97. The van der Waals surface area contributed by atoms with Crippen molar-refractivity contribution in [1.29, 1.82) is 0 Å². The Morgan fingerprint density at radius 2 is 1.76 bits per heavy atom. The van der Waals surface area contributed by atoms with Gasteiger partial charge in [-0.05, 0) is 76.0 Å². The molecule has 0 aliphatic heterocycles. The second kappa shape index (κ2) is 15.5. The highest BCUT2D eigenvalue weighted by Crippen LogP contribution is 2.54. The van der Waals surface area contributed by atoms with Crippen LogP contribution in [0.15, 0.2) is 35.9 Å². The van der Waals surface area contributed by atoms with Gasteiger partial charge in [0.25, 0.3) is 7.82 Å². The summed E-state index contributed by atoms with van der Waals surface area (Å²) in [4.78, 5) is 26.0. The van der Waals surface area contributed by atoms with Crippen LogP contribution in [-0.4, -0.2) is 23.3 Å². The predicted octanol–water partition coefficient (Wildman–Crippen LogP) is 8.44. The van der Waals surface area contributed by atoms with E-state index in [2.05, 4.69) is 26.5 Å². The lowest BCUT2D eigenvalue weighted by Crippen LogP contribution is -2.32. The first-order valence-electron chi connectivity index (χ1n) is 15.6. The first-order chi connectivity index (χ1) is 19.5. The molecule has 1 saturated carbocycles. The fourth-order valence-corrected chi connectivity index (χ4v) is 6.81.